The van der Waals surface area contributed by atoms with Crippen LogP contribution in [-0.4, -0.2) is 67.3 Å². The van der Waals surface area contributed by atoms with Crippen molar-refractivity contribution in [3.8, 4) is 0 Å². The molecule has 0 spiro atoms. The Hall–Kier alpha value is -1.43. The molecule has 0 aromatic heterocycles. The Labute approximate surface area is 144 Å². The molecule has 0 saturated carbocycles. The third kappa shape index (κ3) is 3.34. The molecule has 2 saturated heterocycles. The van der Waals surface area contributed by atoms with Crippen LogP contribution in [-0.2, 0) is 16.1 Å². The smallest absolute Gasteiger partial charge is 0.248 e. The van der Waals surface area contributed by atoms with E-state index in [0.717, 1.165) is 32.6 Å². The number of benzene rings is 1. The van der Waals surface area contributed by atoms with Crippen molar-refractivity contribution in [1.82, 2.24) is 9.80 Å². The first-order valence-corrected chi connectivity index (χ1v) is 8.72. The molecule has 0 bridgehead atoms. The first kappa shape index (κ1) is 17.4. The lowest BCUT2D eigenvalue weighted by Crippen LogP contribution is -2.50. The lowest BCUT2D eigenvalue weighted by atomic mass is 9.74. The van der Waals surface area contributed by atoms with Gasteiger partial charge in [0.15, 0.2) is 0 Å². The highest BCUT2D eigenvalue weighted by Gasteiger charge is 2.50. The van der Waals surface area contributed by atoms with Crippen LogP contribution >= 0.6 is 0 Å². The molecule has 0 unspecified atom stereocenters. The molecule has 1 amide bonds. The minimum Gasteiger partial charge on any atom is -0.396 e. The van der Waals surface area contributed by atoms with Gasteiger partial charge < -0.3 is 14.7 Å². The van der Waals surface area contributed by atoms with E-state index < -0.39 is 0 Å². The Balaban J connectivity index is 1.70. The monoisotopic (exact) mass is 332 g/mol. The number of nitrogens with zero attached hydrogens (tertiary/aromatic N) is 2. The van der Waals surface area contributed by atoms with Gasteiger partial charge in [0.2, 0.25) is 5.91 Å². The Kier molecular flexibility index (Phi) is 5.23. The first-order valence-electron chi connectivity index (χ1n) is 8.72. The van der Waals surface area contributed by atoms with E-state index in [1.165, 1.54) is 11.1 Å². The van der Waals surface area contributed by atoms with Gasteiger partial charge in [0.05, 0.1) is 6.61 Å². The minimum atomic E-state index is -0.190. The molecule has 1 aromatic rings. The molecule has 1 N–H and O–H groups in total. The number of rotatable bonds is 5. The Morgan fingerprint density at radius 3 is 2.88 bits per heavy atom. The molecular weight excluding hydrogens is 304 g/mol. The third-order valence-electron chi connectivity index (χ3n) is 5.74. The van der Waals surface area contributed by atoms with E-state index in [9.17, 15) is 9.90 Å². The van der Waals surface area contributed by atoms with E-state index in [-0.39, 0.29) is 24.5 Å². The molecule has 2 aliphatic heterocycles. The summed E-state index contributed by atoms with van der Waals surface area (Å²) in [5.41, 5.74) is 2.46. The zero-order valence-electron chi connectivity index (χ0n) is 14.7. The molecule has 0 radical (unpaired) electrons. The molecule has 2 atom stereocenters. The number of carbonyl (C=O) groups excluding carboxylic acids is 1. The van der Waals surface area contributed by atoms with E-state index in [4.69, 9.17) is 4.74 Å². The van der Waals surface area contributed by atoms with Gasteiger partial charge in [-0.25, -0.2) is 0 Å². The molecule has 2 fully saturated rings. The second kappa shape index (κ2) is 7.21. The third-order valence-corrected chi connectivity index (χ3v) is 5.74. The van der Waals surface area contributed by atoms with Crippen LogP contribution in [0.2, 0.25) is 0 Å². The van der Waals surface area contributed by atoms with Crippen molar-refractivity contribution in [3.05, 3.63) is 35.4 Å². The second-order valence-electron chi connectivity index (χ2n) is 7.35. The summed E-state index contributed by atoms with van der Waals surface area (Å²) in [5.74, 6) is 0.418. The molecule has 3 rings (SSSR count). The van der Waals surface area contributed by atoms with Gasteiger partial charge in [-0.05, 0) is 36.9 Å². The molecule has 2 heterocycles. The van der Waals surface area contributed by atoms with Gasteiger partial charge in [-0.2, -0.15) is 0 Å². The number of aliphatic hydroxyl groups is 1. The van der Waals surface area contributed by atoms with Crippen molar-refractivity contribution in [2.24, 2.45) is 11.3 Å². The summed E-state index contributed by atoms with van der Waals surface area (Å²) >= 11 is 0. The van der Waals surface area contributed by atoms with Gasteiger partial charge in [0.1, 0.15) is 6.61 Å². The normalized spacial score (nSPS) is 27.3. The predicted octanol–water partition coefficient (Wildman–Crippen LogP) is 1.28. The molecule has 5 nitrogen and oxygen atoms in total. The maximum absolute atomic E-state index is 12.2. The van der Waals surface area contributed by atoms with Crippen molar-refractivity contribution in [2.75, 3.05) is 46.5 Å². The van der Waals surface area contributed by atoms with Crippen LogP contribution in [0.4, 0.5) is 0 Å². The van der Waals surface area contributed by atoms with Crippen molar-refractivity contribution in [3.63, 3.8) is 0 Å². The summed E-state index contributed by atoms with van der Waals surface area (Å²) in [6.45, 7) is 6.57. The number of hydrogen-bond acceptors (Lipinski definition) is 4. The molecule has 1 aromatic carbocycles. The SMILES string of the molecule is COCC(=O)N1C[C@@H]2CCN(Cc3ccccc3C)C[C@]2(CO)C1. The topological polar surface area (TPSA) is 53.0 Å². The van der Waals surface area contributed by atoms with Gasteiger partial charge in [0.25, 0.3) is 0 Å². The molecule has 132 valence electrons. The standard InChI is InChI=1S/C19H28N2O3/c1-15-5-3-4-6-16(15)9-20-8-7-17-10-21(18(23)11-24-2)13-19(17,12-20)14-22/h3-6,17,22H,7-14H2,1-2H3/t17-,19+/m0/s1. The quantitative estimate of drug-likeness (QED) is 0.883. The van der Waals surface area contributed by atoms with E-state index in [0.29, 0.717) is 12.5 Å². The van der Waals surface area contributed by atoms with Gasteiger partial charge in [-0.15, -0.1) is 0 Å². The average Bonchev–Trinajstić information content (AvgIpc) is 2.97. The van der Waals surface area contributed by atoms with Crippen LogP contribution in [0, 0.1) is 18.3 Å². The number of methoxy groups -OCH3 is 1. The highest BCUT2D eigenvalue weighted by atomic mass is 16.5. The van der Waals surface area contributed by atoms with E-state index in [1.807, 2.05) is 4.90 Å². The van der Waals surface area contributed by atoms with Crippen molar-refractivity contribution in [2.45, 2.75) is 19.9 Å². The lowest BCUT2D eigenvalue weighted by molar-refractivity contribution is -0.134. The number of carbonyl (C=O) groups is 1. The Morgan fingerprint density at radius 2 is 2.17 bits per heavy atom. The fourth-order valence-electron chi connectivity index (χ4n) is 4.27. The molecular formula is C19H28N2O3. The van der Waals surface area contributed by atoms with Gasteiger partial charge in [-0.3, -0.25) is 9.69 Å². The zero-order valence-corrected chi connectivity index (χ0v) is 14.7. The zero-order chi connectivity index (χ0) is 17.2. The number of piperidine rings is 1. The maximum Gasteiger partial charge on any atom is 0.248 e. The summed E-state index contributed by atoms with van der Waals surface area (Å²) in [6.07, 6.45) is 1.03. The summed E-state index contributed by atoms with van der Waals surface area (Å²) < 4.78 is 4.99. The first-order chi connectivity index (χ1) is 11.6. The lowest BCUT2D eigenvalue weighted by Gasteiger charge is -2.43. The summed E-state index contributed by atoms with van der Waals surface area (Å²) in [4.78, 5) is 16.5. The highest BCUT2D eigenvalue weighted by Crippen LogP contribution is 2.42. The van der Waals surface area contributed by atoms with Crippen molar-refractivity contribution >= 4 is 5.91 Å². The van der Waals surface area contributed by atoms with Crippen molar-refractivity contribution in [1.29, 1.82) is 0 Å². The van der Waals surface area contributed by atoms with Crippen LogP contribution in [0.5, 0.6) is 0 Å². The molecule has 24 heavy (non-hydrogen) atoms. The fraction of sp³-hybridized carbons (Fsp3) is 0.632. The Morgan fingerprint density at radius 1 is 1.38 bits per heavy atom. The average molecular weight is 332 g/mol. The number of fused-ring (bicyclic) bond motifs is 1. The number of hydrogen-bond donors (Lipinski definition) is 1. The number of aliphatic hydroxyl groups excluding tert-OH is 1. The largest absolute Gasteiger partial charge is 0.396 e. The predicted molar refractivity (Wildman–Crippen MR) is 92.5 cm³/mol. The maximum atomic E-state index is 12.2. The number of amides is 1. The van der Waals surface area contributed by atoms with Gasteiger partial charge in [-0.1, -0.05) is 24.3 Å². The van der Waals surface area contributed by atoms with Crippen LogP contribution in [0.15, 0.2) is 24.3 Å². The summed E-state index contributed by atoms with van der Waals surface area (Å²) in [5, 5.41) is 10.1. The fourth-order valence-corrected chi connectivity index (χ4v) is 4.27. The van der Waals surface area contributed by atoms with Crippen LogP contribution in [0.25, 0.3) is 0 Å². The highest BCUT2D eigenvalue weighted by molar-refractivity contribution is 5.77. The Bertz CT molecular complexity index is 592. The molecule has 0 aliphatic carbocycles. The van der Waals surface area contributed by atoms with Gasteiger partial charge in [0, 0.05) is 38.7 Å². The summed E-state index contributed by atoms with van der Waals surface area (Å²) in [7, 11) is 1.55. The van der Waals surface area contributed by atoms with Crippen LogP contribution in [0.3, 0.4) is 0 Å². The van der Waals surface area contributed by atoms with Gasteiger partial charge >= 0.3 is 0 Å². The van der Waals surface area contributed by atoms with E-state index in [2.05, 4.69) is 36.1 Å². The minimum absolute atomic E-state index is 0.0326. The second-order valence-corrected chi connectivity index (χ2v) is 7.35. The molecule has 2 aliphatic rings. The summed E-state index contributed by atoms with van der Waals surface area (Å²) in [6, 6.07) is 8.47. The number of aryl methyl sites for hydroxylation is 1. The van der Waals surface area contributed by atoms with Crippen LogP contribution < -0.4 is 0 Å². The molecule has 5 heteroatoms. The van der Waals surface area contributed by atoms with Crippen LogP contribution in [0.1, 0.15) is 17.5 Å². The van der Waals surface area contributed by atoms with E-state index >= 15 is 0 Å². The number of likely N-dealkylation sites (tertiary alicyclic amines) is 2. The van der Waals surface area contributed by atoms with Crippen molar-refractivity contribution < 1.29 is 14.6 Å². The van der Waals surface area contributed by atoms with E-state index in [1.54, 1.807) is 7.11 Å². The number of ether oxygens (including phenoxy) is 1.